The molecule has 8 heteroatoms. The van der Waals surface area contributed by atoms with Crippen molar-refractivity contribution in [3.05, 3.63) is 69.0 Å². The molecular formula is C26H31N3O2S3. The van der Waals surface area contributed by atoms with Crippen LogP contribution in [0.1, 0.15) is 16.7 Å². The predicted molar refractivity (Wildman–Crippen MR) is 143 cm³/mol. The van der Waals surface area contributed by atoms with Crippen molar-refractivity contribution in [2.45, 2.75) is 19.6 Å². The molecule has 1 N–H and O–H groups in total. The number of morpholine rings is 1. The van der Waals surface area contributed by atoms with Crippen LogP contribution >= 0.6 is 32.9 Å². The van der Waals surface area contributed by atoms with Crippen LogP contribution in [0.4, 0.5) is 0 Å². The van der Waals surface area contributed by atoms with Gasteiger partial charge < -0.3 is 9.84 Å². The number of phenolic OH excluding ortho intramolecular Hbond substituents is 1. The summed E-state index contributed by atoms with van der Waals surface area (Å²) in [5.41, 5.74) is 4.55. The van der Waals surface area contributed by atoms with E-state index in [0.717, 1.165) is 92.6 Å². The van der Waals surface area contributed by atoms with Gasteiger partial charge in [-0.3, -0.25) is 14.7 Å². The van der Waals surface area contributed by atoms with Crippen molar-refractivity contribution in [2.75, 3.05) is 52.5 Å². The first-order valence-corrected chi connectivity index (χ1v) is 14.4. The number of rotatable bonds is 7. The molecule has 180 valence electrons. The first-order valence-electron chi connectivity index (χ1n) is 11.9. The van der Waals surface area contributed by atoms with E-state index in [9.17, 15) is 5.11 Å². The van der Waals surface area contributed by atoms with Crippen molar-refractivity contribution in [3.63, 3.8) is 0 Å². The van der Waals surface area contributed by atoms with Gasteiger partial charge in [-0.2, -0.15) is 0 Å². The molecular weight excluding hydrogens is 483 g/mol. The molecule has 34 heavy (non-hydrogen) atoms. The normalized spacial score (nSPS) is 18.4. The van der Waals surface area contributed by atoms with Gasteiger partial charge in [-0.15, -0.1) is 0 Å². The van der Waals surface area contributed by atoms with Crippen LogP contribution in [0.2, 0.25) is 0 Å². The van der Waals surface area contributed by atoms with E-state index < -0.39 is 0 Å². The molecule has 5 nitrogen and oxygen atoms in total. The zero-order valence-corrected chi connectivity index (χ0v) is 21.8. The topological polar surface area (TPSA) is 39.2 Å². The fourth-order valence-corrected chi connectivity index (χ4v) is 7.09. The molecule has 0 amide bonds. The Hall–Kier alpha value is -1.65. The summed E-state index contributed by atoms with van der Waals surface area (Å²) in [5.74, 6) is 0.445. The second-order valence-corrected chi connectivity index (χ2v) is 12.0. The predicted octanol–water partition coefficient (Wildman–Crippen LogP) is 5.06. The Morgan fingerprint density at radius 1 is 0.765 bits per heavy atom. The SMILES string of the molecule is Oc1c(CN2CCOCC2)cc(-c2cc(=S)ss2)cc1CN1CCN(Cc2ccccc2)CC1. The van der Waals surface area contributed by atoms with Crippen molar-refractivity contribution in [2.24, 2.45) is 0 Å². The minimum Gasteiger partial charge on any atom is -0.507 e. The third-order valence-electron chi connectivity index (χ3n) is 6.62. The summed E-state index contributed by atoms with van der Waals surface area (Å²) >= 11 is 5.39. The lowest BCUT2D eigenvalue weighted by Gasteiger charge is -2.35. The number of piperazine rings is 1. The molecule has 3 heterocycles. The Morgan fingerprint density at radius 2 is 1.35 bits per heavy atom. The number of ether oxygens (including phenoxy) is 1. The molecule has 5 rings (SSSR count). The third-order valence-corrected chi connectivity index (χ3v) is 9.53. The van der Waals surface area contributed by atoms with Crippen LogP contribution < -0.4 is 0 Å². The average Bonchev–Trinajstić information content (AvgIpc) is 3.30. The molecule has 0 bridgehead atoms. The molecule has 0 atom stereocenters. The number of nitrogens with zero attached hydrogens (tertiary/aromatic N) is 3. The fourth-order valence-electron chi connectivity index (χ4n) is 4.70. The first kappa shape index (κ1) is 24.1. The molecule has 3 aromatic rings. The molecule has 0 aliphatic carbocycles. The van der Waals surface area contributed by atoms with E-state index in [0.29, 0.717) is 5.75 Å². The van der Waals surface area contributed by atoms with Crippen molar-refractivity contribution in [1.29, 1.82) is 0 Å². The smallest absolute Gasteiger partial charge is 0.124 e. The van der Waals surface area contributed by atoms with Crippen LogP contribution in [-0.2, 0) is 24.4 Å². The molecule has 2 aromatic carbocycles. The zero-order valence-electron chi connectivity index (χ0n) is 19.3. The lowest BCUT2D eigenvalue weighted by molar-refractivity contribution is 0.0338. The van der Waals surface area contributed by atoms with Gasteiger partial charge in [0.05, 0.1) is 13.2 Å². The summed E-state index contributed by atoms with van der Waals surface area (Å²) in [5, 5.41) is 11.3. The second kappa shape index (κ2) is 11.4. The largest absolute Gasteiger partial charge is 0.507 e. The Bertz CT molecular complexity index is 1130. The van der Waals surface area contributed by atoms with Gasteiger partial charge in [0.2, 0.25) is 0 Å². The summed E-state index contributed by atoms with van der Waals surface area (Å²) in [6.45, 7) is 9.94. The zero-order chi connectivity index (χ0) is 23.3. The van der Waals surface area contributed by atoms with Crippen LogP contribution in [-0.4, -0.2) is 72.3 Å². The van der Waals surface area contributed by atoms with Gasteiger partial charge in [-0.05, 0) is 29.3 Å². The maximum atomic E-state index is 11.3. The Morgan fingerprint density at radius 3 is 1.94 bits per heavy atom. The highest BCUT2D eigenvalue weighted by Crippen LogP contribution is 2.36. The lowest BCUT2D eigenvalue weighted by atomic mass is 10.0. The standard InChI is InChI=1S/C26H31N3O2S3/c30-26-22(18-28-8-6-27(7-9-28)17-20-4-2-1-3-5-20)14-21(24-16-25(32)34-33-24)15-23(26)19-29-10-12-31-13-11-29/h1-5,14-16,30H,6-13,17-19H2. The number of aromatic hydroxyl groups is 1. The van der Waals surface area contributed by atoms with E-state index in [1.54, 1.807) is 20.7 Å². The molecule has 0 saturated carbocycles. The van der Waals surface area contributed by atoms with Crippen LogP contribution in [0, 0.1) is 3.82 Å². The van der Waals surface area contributed by atoms with Gasteiger partial charge >= 0.3 is 0 Å². The van der Waals surface area contributed by atoms with Crippen LogP contribution in [0.5, 0.6) is 5.75 Å². The van der Waals surface area contributed by atoms with Crippen molar-refractivity contribution in [1.82, 2.24) is 14.7 Å². The van der Waals surface area contributed by atoms with E-state index in [4.69, 9.17) is 17.0 Å². The summed E-state index contributed by atoms with van der Waals surface area (Å²) in [6.07, 6.45) is 0. The van der Waals surface area contributed by atoms with E-state index in [1.165, 1.54) is 10.4 Å². The quantitative estimate of drug-likeness (QED) is 0.352. The average molecular weight is 514 g/mol. The first-order chi connectivity index (χ1) is 16.6. The Balaban J connectivity index is 1.31. The summed E-state index contributed by atoms with van der Waals surface area (Å²) in [4.78, 5) is 8.54. The van der Waals surface area contributed by atoms with E-state index in [-0.39, 0.29) is 0 Å². The van der Waals surface area contributed by atoms with Crippen LogP contribution in [0.25, 0.3) is 10.4 Å². The van der Waals surface area contributed by atoms with Gasteiger partial charge in [-0.25, -0.2) is 0 Å². The lowest BCUT2D eigenvalue weighted by Crippen LogP contribution is -2.45. The Labute approximate surface area is 214 Å². The minimum absolute atomic E-state index is 0.445. The van der Waals surface area contributed by atoms with Gasteiger partial charge in [0.25, 0.3) is 0 Å². The van der Waals surface area contributed by atoms with E-state index >= 15 is 0 Å². The highest BCUT2D eigenvalue weighted by molar-refractivity contribution is 7.80. The maximum Gasteiger partial charge on any atom is 0.124 e. The highest BCUT2D eigenvalue weighted by Gasteiger charge is 2.21. The van der Waals surface area contributed by atoms with E-state index in [2.05, 4.69) is 63.2 Å². The molecule has 2 saturated heterocycles. The number of phenols is 1. The Kier molecular flexibility index (Phi) is 8.06. The van der Waals surface area contributed by atoms with Gasteiger partial charge in [0.1, 0.15) is 9.57 Å². The van der Waals surface area contributed by atoms with Crippen molar-refractivity contribution >= 4 is 32.9 Å². The summed E-state index contributed by atoms with van der Waals surface area (Å²) < 4.78 is 6.43. The van der Waals surface area contributed by atoms with Gasteiger partial charge in [0.15, 0.2) is 0 Å². The number of hydrogen-bond donors (Lipinski definition) is 1. The second-order valence-electron chi connectivity index (χ2n) is 9.06. The highest BCUT2D eigenvalue weighted by atomic mass is 32.9. The van der Waals surface area contributed by atoms with Crippen molar-refractivity contribution < 1.29 is 9.84 Å². The third kappa shape index (κ3) is 6.12. The molecule has 0 unspecified atom stereocenters. The van der Waals surface area contributed by atoms with Gasteiger partial charge in [0, 0.05) is 74.9 Å². The summed E-state index contributed by atoms with van der Waals surface area (Å²) in [6, 6.07) is 17.1. The van der Waals surface area contributed by atoms with Crippen LogP contribution in [0.15, 0.2) is 48.5 Å². The molecule has 2 aliphatic rings. The number of hydrogen-bond acceptors (Lipinski definition) is 8. The van der Waals surface area contributed by atoms with Gasteiger partial charge in [-0.1, -0.05) is 63.2 Å². The van der Waals surface area contributed by atoms with E-state index in [1.807, 2.05) is 0 Å². The van der Waals surface area contributed by atoms with Crippen molar-refractivity contribution in [3.8, 4) is 16.2 Å². The molecule has 2 aliphatic heterocycles. The summed E-state index contributed by atoms with van der Waals surface area (Å²) in [7, 11) is 3.36. The monoisotopic (exact) mass is 513 g/mol. The number of benzene rings is 2. The maximum absolute atomic E-state index is 11.3. The molecule has 0 spiro atoms. The fraction of sp³-hybridized carbons (Fsp3) is 0.423. The molecule has 0 radical (unpaired) electrons. The molecule has 2 fully saturated rings. The van der Waals surface area contributed by atoms with Crippen LogP contribution in [0.3, 0.4) is 0 Å². The molecule has 1 aromatic heterocycles. The minimum atomic E-state index is 0.445.